The molecule has 0 spiro atoms. The van der Waals surface area contributed by atoms with E-state index < -0.39 is 0 Å². The van der Waals surface area contributed by atoms with E-state index in [1.54, 1.807) is 12.1 Å². The fourth-order valence-corrected chi connectivity index (χ4v) is 2.75. The number of rotatable bonds is 1. The lowest BCUT2D eigenvalue weighted by atomic mass is 9.79. The molecule has 2 rings (SSSR count). The molecule has 0 aromatic heterocycles. The Balaban J connectivity index is 2.50. The van der Waals surface area contributed by atoms with Crippen LogP contribution < -0.4 is 4.74 Å². The van der Waals surface area contributed by atoms with E-state index >= 15 is 0 Å². The Hall–Kier alpha value is -1.18. The molecule has 0 aliphatic carbocycles. The highest BCUT2D eigenvalue weighted by Crippen LogP contribution is 2.49. The van der Waals surface area contributed by atoms with Crippen molar-refractivity contribution < 1.29 is 9.84 Å². The third kappa shape index (κ3) is 1.58. The smallest absolute Gasteiger partial charge is 0.127 e. The first kappa shape index (κ1) is 10.3. The van der Waals surface area contributed by atoms with Crippen LogP contribution in [0, 0.1) is 5.92 Å². The SMILES string of the molecule is CC(C)C1c2ccc(O)cc2OC1(C)C. The van der Waals surface area contributed by atoms with Gasteiger partial charge in [0.25, 0.3) is 0 Å². The van der Waals surface area contributed by atoms with Crippen LogP contribution in [0.25, 0.3) is 0 Å². The van der Waals surface area contributed by atoms with Crippen molar-refractivity contribution in [3.05, 3.63) is 23.8 Å². The molecule has 0 bridgehead atoms. The molecule has 1 aromatic carbocycles. The Morgan fingerprint density at radius 3 is 2.60 bits per heavy atom. The molecule has 0 radical (unpaired) electrons. The van der Waals surface area contributed by atoms with E-state index in [1.807, 2.05) is 6.07 Å². The van der Waals surface area contributed by atoms with E-state index in [9.17, 15) is 5.11 Å². The lowest BCUT2D eigenvalue weighted by molar-refractivity contribution is 0.0922. The van der Waals surface area contributed by atoms with E-state index in [4.69, 9.17) is 4.74 Å². The number of aromatic hydroxyl groups is 1. The molecule has 1 N–H and O–H groups in total. The van der Waals surface area contributed by atoms with Gasteiger partial charge in [-0.2, -0.15) is 0 Å². The van der Waals surface area contributed by atoms with Gasteiger partial charge < -0.3 is 9.84 Å². The molecule has 82 valence electrons. The molecule has 0 fully saturated rings. The van der Waals surface area contributed by atoms with Gasteiger partial charge in [-0.05, 0) is 25.8 Å². The number of hydrogen-bond acceptors (Lipinski definition) is 2. The summed E-state index contributed by atoms with van der Waals surface area (Å²) >= 11 is 0. The van der Waals surface area contributed by atoms with Gasteiger partial charge in [0.05, 0.1) is 0 Å². The highest BCUT2D eigenvalue weighted by atomic mass is 16.5. The number of phenolic OH excluding ortho intramolecular Hbond substituents is 1. The summed E-state index contributed by atoms with van der Waals surface area (Å²) in [5.74, 6) is 2.03. The summed E-state index contributed by atoms with van der Waals surface area (Å²) in [5, 5.41) is 9.41. The number of phenols is 1. The maximum atomic E-state index is 9.41. The summed E-state index contributed by atoms with van der Waals surface area (Å²) < 4.78 is 5.89. The fourth-order valence-electron chi connectivity index (χ4n) is 2.75. The molecule has 1 heterocycles. The van der Waals surface area contributed by atoms with Crippen LogP contribution in [0.2, 0.25) is 0 Å². The van der Waals surface area contributed by atoms with Gasteiger partial charge in [-0.15, -0.1) is 0 Å². The largest absolute Gasteiger partial charge is 0.508 e. The van der Waals surface area contributed by atoms with Gasteiger partial charge in [0.1, 0.15) is 17.1 Å². The zero-order chi connectivity index (χ0) is 11.2. The van der Waals surface area contributed by atoms with Crippen LogP contribution >= 0.6 is 0 Å². The molecular formula is C13H18O2. The van der Waals surface area contributed by atoms with Crippen LogP contribution in [0.5, 0.6) is 11.5 Å². The van der Waals surface area contributed by atoms with Gasteiger partial charge in [0.15, 0.2) is 0 Å². The predicted octanol–water partition coefficient (Wildman–Crippen LogP) is 3.30. The predicted molar refractivity (Wildman–Crippen MR) is 60.4 cm³/mol. The minimum atomic E-state index is -0.176. The lowest BCUT2D eigenvalue weighted by Crippen LogP contribution is -2.33. The molecule has 0 saturated carbocycles. The monoisotopic (exact) mass is 206 g/mol. The number of ether oxygens (including phenoxy) is 1. The van der Waals surface area contributed by atoms with Gasteiger partial charge in [0.2, 0.25) is 0 Å². The average molecular weight is 206 g/mol. The van der Waals surface area contributed by atoms with E-state index in [1.165, 1.54) is 5.56 Å². The van der Waals surface area contributed by atoms with Crippen LogP contribution in [0.1, 0.15) is 39.2 Å². The van der Waals surface area contributed by atoms with Gasteiger partial charge in [-0.1, -0.05) is 19.9 Å². The molecule has 15 heavy (non-hydrogen) atoms. The minimum absolute atomic E-state index is 0.176. The Bertz CT molecular complexity index is 380. The van der Waals surface area contributed by atoms with E-state index in [0.717, 1.165) is 5.75 Å². The van der Waals surface area contributed by atoms with Crippen molar-refractivity contribution in [1.29, 1.82) is 0 Å². The second-order valence-electron chi connectivity index (χ2n) is 5.15. The second kappa shape index (κ2) is 3.16. The third-order valence-corrected chi connectivity index (χ3v) is 3.12. The van der Waals surface area contributed by atoms with Crippen molar-refractivity contribution in [2.24, 2.45) is 5.92 Å². The summed E-state index contributed by atoms with van der Waals surface area (Å²) in [6, 6.07) is 5.42. The molecule has 2 nitrogen and oxygen atoms in total. The maximum Gasteiger partial charge on any atom is 0.127 e. The quantitative estimate of drug-likeness (QED) is 0.764. The number of hydrogen-bond donors (Lipinski definition) is 1. The highest BCUT2D eigenvalue weighted by molar-refractivity contribution is 5.47. The molecule has 1 unspecified atom stereocenters. The normalized spacial score (nSPS) is 22.6. The number of fused-ring (bicyclic) bond motifs is 1. The molecule has 1 aromatic rings. The second-order valence-corrected chi connectivity index (χ2v) is 5.15. The van der Waals surface area contributed by atoms with E-state index in [2.05, 4.69) is 27.7 Å². The molecule has 0 amide bonds. The van der Waals surface area contributed by atoms with E-state index in [0.29, 0.717) is 11.8 Å². The van der Waals surface area contributed by atoms with Crippen molar-refractivity contribution >= 4 is 0 Å². The van der Waals surface area contributed by atoms with Crippen molar-refractivity contribution in [3.63, 3.8) is 0 Å². The van der Waals surface area contributed by atoms with Crippen molar-refractivity contribution in [2.75, 3.05) is 0 Å². The van der Waals surface area contributed by atoms with Crippen LogP contribution in [0.15, 0.2) is 18.2 Å². The highest BCUT2D eigenvalue weighted by Gasteiger charge is 2.42. The number of benzene rings is 1. The first-order chi connectivity index (χ1) is 6.92. The van der Waals surface area contributed by atoms with Gasteiger partial charge in [-0.25, -0.2) is 0 Å². The summed E-state index contributed by atoms with van der Waals surface area (Å²) in [6.07, 6.45) is 0. The topological polar surface area (TPSA) is 29.5 Å². The Kier molecular flexibility index (Phi) is 2.18. The standard InChI is InChI=1S/C13H18O2/c1-8(2)12-10-6-5-9(14)7-11(10)15-13(12,3)4/h5-8,12,14H,1-4H3. The fraction of sp³-hybridized carbons (Fsp3) is 0.538. The third-order valence-electron chi connectivity index (χ3n) is 3.12. The first-order valence-corrected chi connectivity index (χ1v) is 5.44. The van der Waals surface area contributed by atoms with Crippen molar-refractivity contribution in [2.45, 2.75) is 39.2 Å². The first-order valence-electron chi connectivity index (χ1n) is 5.44. The molecule has 0 saturated heterocycles. The summed E-state index contributed by atoms with van der Waals surface area (Å²) in [6.45, 7) is 8.62. The average Bonchev–Trinajstić information content (AvgIpc) is 2.33. The minimum Gasteiger partial charge on any atom is -0.508 e. The molecule has 1 aliphatic rings. The van der Waals surface area contributed by atoms with Gasteiger partial charge in [0, 0.05) is 17.5 Å². The maximum absolute atomic E-state index is 9.41. The molecule has 2 heteroatoms. The van der Waals surface area contributed by atoms with E-state index in [-0.39, 0.29) is 11.4 Å². The van der Waals surface area contributed by atoms with Crippen LogP contribution in [0.4, 0.5) is 0 Å². The lowest BCUT2D eigenvalue weighted by Gasteiger charge is -2.29. The van der Waals surface area contributed by atoms with Crippen molar-refractivity contribution in [3.8, 4) is 11.5 Å². The molecule has 1 atom stereocenters. The van der Waals surface area contributed by atoms with Gasteiger partial charge >= 0.3 is 0 Å². The van der Waals surface area contributed by atoms with Crippen LogP contribution in [0.3, 0.4) is 0 Å². The summed E-state index contributed by atoms with van der Waals surface area (Å²) in [4.78, 5) is 0. The van der Waals surface area contributed by atoms with Crippen LogP contribution in [-0.4, -0.2) is 10.7 Å². The zero-order valence-corrected chi connectivity index (χ0v) is 9.74. The molecular weight excluding hydrogens is 188 g/mol. The van der Waals surface area contributed by atoms with Crippen LogP contribution in [-0.2, 0) is 0 Å². The Morgan fingerprint density at radius 2 is 2.00 bits per heavy atom. The zero-order valence-electron chi connectivity index (χ0n) is 9.74. The van der Waals surface area contributed by atoms with Crippen molar-refractivity contribution in [1.82, 2.24) is 0 Å². The van der Waals surface area contributed by atoms with Gasteiger partial charge in [-0.3, -0.25) is 0 Å². The Morgan fingerprint density at radius 1 is 1.33 bits per heavy atom. The Labute approximate surface area is 90.9 Å². The molecule has 1 aliphatic heterocycles. The summed E-state index contributed by atoms with van der Waals surface area (Å²) in [5.41, 5.74) is 1.04. The summed E-state index contributed by atoms with van der Waals surface area (Å²) in [7, 11) is 0.